The molecule has 14 heteroatoms. The zero-order chi connectivity index (χ0) is 29.0. The van der Waals surface area contributed by atoms with E-state index in [1.165, 1.54) is 30.6 Å². The van der Waals surface area contributed by atoms with Crippen LogP contribution in [-0.2, 0) is 26.0 Å². The van der Waals surface area contributed by atoms with Gasteiger partial charge in [-0.3, -0.25) is 14.6 Å². The maximum absolute atomic E-state index is 13.2. The molecule has 0 saturated carbocycles. The number of hydrogen-bond acceptors (Lipinski definition) is 6. The first kappa shape index (κ1) is 29.8. The number of anilines is 1. The van der Waals surface area contributed by atoms with Gasteiger partial charge >= 0.3 is 5.97 Å². The Balaban J connectivity index is 1.43. The summed E-state index contributed by atoms with van der Waals surface area (Å²) in [4.78, 5) is 41.4. The van der Waals surface area contributed by atoms with E-state index < -0.39 is 39.9 Å². The van der Waals surface area contributed by atoms with Gasteiger partial charge in [0.1, 0.15) is 12.1 Å². The van der Waals surface area contributed by atoms with Gasteiger partial charge in [0.05, 0.1) is 20.5 Å². The van der Waals surface area contributed by atoms with Gasteiger partial charge in [0.25, 0.3) is 5.91 Å². The summed E-state index contributed by atoms with van der Waals surface area (Å²) in [6, 6.07) is 9.67. The Morgan fingerprint density at radius 2 is 1.73 bits per heavy atom. The summed E-state index contributed by atoms with van der Waals surface area (Å²) in [5.41, 5.74) is 1.02. The molecule has 3 aromatic rings. The van der Waals surface area contributed by atoms with Crippen LogP contribution >= 0.6 is 34.8 Å². The second-order valence-corrected chi connectivity index (χ2v) is 12.1. The number of carbonyl (C=O) groups excluding carboxylic acids is 2. The van der Waals surface area contributed by atoms with E-state index in [1.807, 2.05) is 0 Å². The van der Waals surface area contributed by atoms with E-state index in [9.17, 15) is 27.9 Å². The Hall–Kier alpha value is -3.22. The zero-order valence-electron chi connectivity index (χ0n) is 20.7. The van der Waals surface area contributed by atoms with Gasteiger partial charge in [-0.25, -0.2) is 13.2 Å². The molecule has 1 fully saturated rings. The molecular formula is C26H23Cl3N4O6S. The number of nitrogens with one attached hydrogen (secondary N) is 2. The Bertz CT molecular complexity index is 1530. The number of aliphatic carboxylic acids is 1. The largest absolute Gasteiger partial charge is 0.480 e. The molecule has 0 bridgehead atoms. The first-order valence-electron chi connectivity index (χ1n) is 12.0. The van der Waals surface area contributed by atoms with Crippen molar-refractivity contribution in [1.29, 1.82) is 0 Å². The highest BCUT2D eigenvalue weighted by atomic mass is 35.5. The first-order valence-corrected chi connectivity index (χ1v) is 14.5. The molecule has 1 saturated heterocycles. The second-order valence-electron chi connectivity index (χ2n) is 8.96. The molecule has 0 aliphatic carbocycles. The first-order chi connectivity index (χ1) is 19.0. The number of hydrogen-bond donors (Lipinski definition) is 3. The molecule has 1 aliphatic rings. The molecule has 2 aromatic carbocycles. The van der Waals surface area contributed by atoms with Crippen LogP contribution in [-0.4, -0.2) is 59.2 Å². The third-order valence-corrected chi connectivity index (χ3v) is 8.97. The molecule has 3 N–H and O–H groups in total. The summed E-state index contributed by atoms with van der Waals surface area (Å²) < 4.78 is 27.4. The van der Waals surface area contributed by atoms with E-state index in [4.69, 9.17) is 34.8 Å². The molecule has 210 valence electrons. The fraction of sp³-hybridized carbons (Fsp3) is 0.231. The highest BCUT2D eigenvalue weighted by Crippen LogP contribution is 2.28. The number of carbonyl (C=O) groups is 3. The Kier molecular flexibility index (Phi) is 9.32. The molecule has 2 heterocycles. The number of aromatic nitrogens is 1. The lowest BCUT2D eigenvalue weighted by Gasteiger charge is -2.25. The predicted molar refractivity (Wildman–Crippen MR) is 150 cm³/mol. The molecule has 0 spiro atoms. The number of carboxylic acid groups (broad SMARTS) is 1. The van der Waals surface area contributed by atoms with Crippen molar-refractivity contribution in [2.45, 2.75) is 36.2 Å². The van der Waals surface area contributed by atoms with Crippen LogP contribution in [0.4, 0.5) is 5.69 Å². The number of benzene rings is 2. The maximum Gasteiger partial charge on any atom is 0.326 e. The van der Waals surface area contributed by atoms with Gasteiger partial charge in [0, 0.05) is 36.1 Å². The standard InChI is InChI=1S/C26H23Cl3N4O6S/c27-16-3-1-4-18(12-16)40(38,39)33-10-2-5-22(33)24(34)32-21(26(36)37)11-15-6-8-17(9-7-15)31-25(35)23-19(28)13-30-14-20(23)29/h1,3-4,6-9,12-14,21-22H,2,5,10-11H2,(H,31,35)(H,32,34)(H,36,37)/t21-,22-/m0/s1. The van der Waals surface area contributed by atoms with Crippen LogP contribution in [0.25, 0.3) is 0 Å². The van der Waals surface area contributed by atoms with Gasteiger partial charge in [-0.05, 0) is 48.7 Å². The highest BCUT2D eigenvalue weighted by Gasteiger charge is 2.40. The fourth-order valence-electron chi connectivity index (χ4n) is 4.30. The van der Waals surface area contributed by atoms with E-state index >= 15 is 0 Å². The molecule has 10 nitrogen and oxygen atoms in total. The Morgan fingerprint density at radius 1 is 1.05 bits per heavy atom. The summed E-state index contributed by atoms with van der Waals surface area (Å²) in [7, 11) is -4.02. The lowest BCUT2D eigenvalue weighted by molar-refractivity contribution is -0.142. The molecule has 0 unspecified atom stereocenters. The second kappa shape index (κ2) is 12.5. The third kappa shape index (κ3) is 6.73. The van der Waals surface area contributed by atoms with Crippen LogP contribution in [0, 0.1) is 0 Å². The van der Waals surface area contributed by atoms with Crippen LogP contribution in [0.15, 0.2) is 65.8 Å². The van der Waals surface area contributed by atoms with Crippen molar-refractivity contribution in [3.05, 3.63) is 87.1 Å². The summed E-state index contributed by atoms with van der Waals surface area (Å²) >= 11 is 18.0. The molecular weight excluding hydrogens is 603 g/mol. The van der Waals surface area contributed by atoms with Crippen LogP contribution in [0.5, 0.6) is 0 Å². The van der Waals surface area contributed by atoms with Gasteiger partial charge in [-0.15, -0.1) is 0 Å². The minimum absolute atomic E-state index is 0.0462. The van der Waals surface area contributed by atoms with Crippen LogP contribution in [0.2, 0.25) is 15.1 Å². The lowest BCUT2D eigenvalue weighted by Crippen LogP contribution is -2.51. The highest BCUT2D eigenvalue weighted by molar-refractivity contribution is 7.89. The fourth-order valence-corrected chi connectivity index (χ4v) is 6.80. The number of halogens is 3. The van der Waals surface area contributed by atoms with Crippen molar-refractivity contribution in [3.8, 4) is 0 Å². The van der Waals surface area contributed by atoms with E-state index in [-0.39, 0.29) is 44.9 Å². The monoisotopic (exact) mass is 624 g/mol. The minimum atomic E-state index is -4.02. The topological polar surface area (TPSA) is 146 Å². The van der Waals surface area contributed by atoms with E-state index in [0.717, 1.165) is 4.31 Å². The molecule has 1 aromatic heterocycles. The number of rotatable bonds is 9. The molecule has 2 amide bonds. The number of carboxylic acids is 1. The molecule has 2 atom stereocenters. The quantitative estimate of drug-likeness (QED) is 0.322. The normalized spacial score (nSPS) is 16.3. The van der Waals surface area contributed by atoms with Gasteiger partial charge in [-0.2, -0.15) is 4.31 Å². The van der Waals surface area contributed by atoms with Crippen LogP contribution in [0.1, 0.15) is 28.8 Å². The van der Waals surface area contributed by atoms with Crippen molar-refractivity contribution in [2.24, 2.45) is 0 Å². The Labute approximate surface area is 245 Å². The summed E-state index contributed by atoms with van der Waals surface area (Å²) in [6.07, 6.45) is 3.20. The van der Waals surface area contributed by atoms with Gasteiger partial charge < -0.3 is 15.7 Å². The van der Waals surface area contributed by atoms with E-state index in [1.54, 1.807) is 30.3 Å². The summed E-state index contributed by atoms with van der Waals surface area (Å²) in [5, 5.41) is 15.3. The predicted octanol–water partition coefficient (Wildman–Crippen LogP) is 4.26. The average Bonchev–Trinajstić information content (AvgIpc) is 3.40. The molecule has 1 aliphatic heterocycles. The summed E-state index contributed by atoms with van der Waals surface area (Å²) in [6.45, 7) is 0.119. The summed E-state index contributed by atoms with van der Waals surface area (Å²) in [5.74, 6) is -2.53. The van der Waals surface area contributed by atoms with Crippen molar-refractivity contribution in [3.63, 3.8) is 0 Å². The van der Waals surface area contributed by atoms with Gasteiger partial charge in [0.15, 0.2) is 0 Å². The third-order valence-electron chi connectivity index (χ3n) is 6.26. The Morgan fingerprint density at radius 3 is 2.35 bits per heavy atom. The van der Waals surface area contributed by atoms with Crippen LogP contribution < -0.4 is 10.6 Å². The number of nitrogens with zero attached hydrogens (tertiary/aromatic N) is 2. The minimum Gasteiger partial charge on any atom is -0.480 e. The van der Waals surface area contributed by atoms with E-state index in [2.05, 4.69) is 15.6 Å². The van der Waals surface area contributed by atoms with Crippen molar-refractivity contribution >= 4 is 68.3 Å². The molecule has 0 radical (unpaired) electrons. The number of amides is 2. The zero-order valence-corrected chi connectivity index (χ0v) is 23.8. The smallest absolute Gasteiger partial charge is 0.326 e. The number of pyridine rings is 1. The van der Waals surface area contributed by atoms with E-state index in [0.29, 0.717) is 17.7 Å². The molecule has 40 heavy (non-hydrogen) atoms. The average molecular weight is 626 g/mol. The van der Waals surface area contributed by atoms with Gasteiger partial charge in [0.2, 0.25) is 15.9 Å². The van der Waals surface area contributed by atoms with Crippen molar-refractivity contribution < 1.29 is 27.9 Å². The number of sulfonamides is 1. The lowest BCUT2D eigenvalue weighted by atomic mass is 10.0. The van der Waals surface area contributed by atoms with Crippen molar-refractivity contribution in [2.75, 3.05) is 11.9 Å². The molecule has 4 rings (SSSR count). The van der Waals surface area contributed by atoms with Crippen LogP contribution in [0.3, 0.4) is 0 Å². The SMILES string of the molecule is O=C(Nc1ccc(C[C@H](NC(=O)[C@@H]2CCCN2S(=O)(=O)c2cccc(Cl)c2)C(=O)O)cc1)c1c(Cl)cncc1Cl. The maximum atomic E-state index is 13.2. The van der Waals surface area contributed by atoms with Gasteiger partial charge in [-0.1, -0.05) is 53.0 Å². The van der Waals surface area contributed by atoms with Crippen molar-refractivity contribution in [1.82, 2.24) is 14.6 Å².